The van der Waals surface area contributed by atoms with E-state index in [1.165, 1.54) is 18.2 Å². The van der Waals surface area contributed by atoms with Crippen molar-refractivity contribution < 1.29 is 33.0 Å². The van der Waals surface area contributed by atoms with E-state index in [4.69, 9.17) is 15.3 Å². The molecule has 32 heavy (non-hydrogen) atoms. The van der Waals surface area contributed by atoms with Crippen molar-refractivity contribution >= 4 is 23.8 Å². The SMILES string of the molecule is CC(=O)O[C@H]1[C@@H](C(=O)[C@H](Cc2cccc(F)c2)NC(=O)OCc2ccccc2)C(=O)N1N. The number of nitrogens with one attached hydrogen (secondary N) is 1. The van der Waals surface area contributed by atoms with Crippen molar-refractivity contribution in [2.75, 3.05) is 0 Å². The molecule has 0 bridgehead atoms. The van der Waals surface area contributed by atoms with E-state index in [0.29, 0.717) is 10.6 Å². The van der Waals surface area contributed by atoms with Gasteiger partial charge in [-0.1, -0.05) is 42.5 Å². The van der Waals surface area contributed by atoms with Crippen LogP contribution in [0.5, 0.6) is 0 Å². The third-order valence-electron chi connectivity index (χ3n) is 4.85. The zero-order chi connectivity index (χ0) is 23.3. The summed E-state index contributed by atoms with van der Waals surface area (Å²) < 4.78 is 23.7. The molecule has 2 amide bonds. The Hall–Kier alpha value is -3.79. The Morgan fingerprint density at radius 1 is 1.12 bits per heavy atom. The van der Waals surface area contributed by atoms with Crippen molar-refractivity contribution in [1.82, 2.24) is 10.3 Å². The third kappa shape index (κ3) is 5.46. The van der Waals surface area contributed by atoms with Crippen LogP contribution in [0.25, 0.3) is 0 Å². The molecule has 0 aliphatic carbocycles. The second-order valence-corrected chi connectivity index (χ2v) is 7.22. The number of carbonyl (C=O) groups excluding carboxylic acids is 4. The molecule has 9 nitrogen and oxygen atoms in total. The lowest BCUT2D eigenvalue weighted by atomic mass is 9.86. The largest absolute Gasteiger partial charge is 0.445 e. The molecular formula is C22H22FN3O6. The Morgan fingerprint density at radius 3 is 2.47 bits per heavy atom. The second-order valence-electron chi connectivity index (χ2n) is 7.22. The van der Waals surface area contributed by atoms with E-state index in [-0.39, 0.29) is 13.0 Å². The van der Waals surface area contributed by atoms with Crippen molar-refractivity contribution in [3.8, 4) is 0 Å². The molecule has 0 aromatic heterocycles. The molecule has 3 atom stereocenters. The highest BCUT2D eigenvalue weighted by molar-refractivity contribution is 6.08. The summed E-state index contributed by atoms with van der Waals surface area (Å²) in [4.78, 5) is 49.0. The molecule has 168 valence electrons. The Balaban J connectivity index is 1.75. The van der Waals surface area contributed by atoms with Crippen LogP contribution in [0.3, 0.4) is 0 Å². The van der Waals surface area contributed by atoms with Crippen LogP contribution >= 0.6 is 0 Å². The van der Waals surface area contributed by atoms with Crippen LogP contribution in [0.4, 0.5) is 9.18 Å². The molecule has 0 unspecified atom stereocenters. The van der Waals surface area contributed by atoms with Gasteiger partial charge in [0.05, 0.1) is 6.04 Å². The fourth-order valence-electron chi connectivity index (χ4n) is 3.29. The lowest BCUT2D eigenvalue weighted by molar-refractivity contribution is -0.198. The Morgan fingerprint density at radius 2 is 1.81 bits per heavy atom. The van der Waals surface area contributed by atoms with E-state index in [2.05, 4.69) is 5.32 Å². The molecule has 3 N–H and O–H groups in total. The van der Waals surface area contributed by atoms with Gasteiger partial charge in [0.1, 0.15) is 12.4 Å². The van der Waals surface area contributed by atoms with Crippen LogP contribution in [0, 0.1) is 11.7 Å². The van der Waals surface area contributed by atoms with Gasteiger partial charge < -0.3 is 14.8 Å². The smallest absolute Gasteiger partial charge is 0.408 e. The van der Waals surface area contributed by atoms with Crippen molar-refractivity contribution in [1.29, 1.82) is 0 Å². The minimum atomic E-state index is -1.39. The highest BCUT2D eigenvalue weighted by Gasteiger charge is 2.54. The highest BCUT2D eigenvalue weighted by Crippen LogP contribution is 2.27. The maximum absolute atomic E-state index is 13.6. The molecule has 0 spiro atoms. The number of alkyl carbamates (subject to hydrolysis) is 1. The first-order valence-corrected chi connectivity index (χ1v) is 9.76. The summed E-state index contributed by atoms with van der Waals surface area (Å²) in [5.41, 5.74) is 1.14. The van der Waals surface area contributed by atoms with Crippen LogP contribution in [0.1, 0.15) is 18.1 Å². The Bertz CT molecular complexity index is 1020. The molecule has 10 heteroatoms. The quantitative estimate of drug-likeness (QED) is 0.208. The van der Waals surface area contributed by atoms with E-state index < -0.39 is 47.8 Å². The average molecular weight is 443 g/mol. The summed E-state index contributed by atoms with van der Waals surface area (Å²) >= 11 is 0. The first kappa shape index (κ1) is 22.9. The first-order valence-electron chi connectivity index (χ1n) is 9.76. The van der Waals surface area contributed by atoms with E-state index in [1.807, 2.05) is 6.07 Å². The van der Waals surface area contributed by atoms with Crippen molar-refractivity contribution in [2.45, 2.75) is 32.2 Å². The lowest BCUT2D eigenvalue weighted by Gasteiger charge is -2.42. The van der Waals surface area contributed by atoms with Gasteiger partial charge in [0, 0.05) is 13.3 Å². The molecule has 0 saturated carbocycles. The van der Waals surface area contributed by atoms with Crippen molar-refractivity contribution in [3.63, 3.8) is 0 Å². The van der Waals surface area contributed by atoms with Gasteiger partial charge in [-0.2, -0.15) is 0 Å². The van der Waals surface area contributed by atoms with E-state index in [9.17, 15) is 23.6 Å². The molecule has 0 radical (unpaired) electrons. The van der Waals surface area contributed by atoms with Crippen molar-refractivity contribution in [2.24, 2.45) is 11.8 Å². The van der Waals surface area contributed by atoms with Gasteiger partial charge in [-0.25, -0.2) is 20.0 Å². The number of rotatable bonds is 8. The fourth-order valence-corrected chi connectivity index (χ4v) is 3.29. The number of ether oxygens (including phenoxy) is 2. The molecule has 1 aliphatic heterocycles. The van der Waals surface area contributed by atoms with Crippen LogP contribution in [0.2, 0.25) is 0 Å². The predicted octanol–water partition coefficient (Wildman–Crippen LogP) is 1.45. The van der Waals surface area contributed by atoms with Gasteiger partial charge >= 0.3 is 12.1 Å². The minimum Gasteiger partial charge on any atom is -0.445 e. The molecule has 1 aliphatic rings. The molecule has 1 fully saturated rings. The number of ketones is 1. The number of Topliss-reactive ketones (excluding diaryl/α,β-unsaturated/α-hetero) is 1. The Labute approximate surface area is 183 Å². The fraction of sp³-hybridized carbons (Fsp3) is 0.273. The number of β-lactam (4-membered cyclic amide) rings is 1. The van der Waals surface area contributed by atoms with E-state index in [0.717, 1.165) is 12.5 Å². The number of nitrogens with zero attached hydrogens (tertiary/aromatic N) is 1. The summed E-state index contributed by atoms with van der Waals surface area (Å²) in [6, 6.07) is 13.1. The number of benzene rings is 2. The van der Waals surface area contributed by atoms with Gasteiger partial charge in [0.2, 0.25) is 6.23 Å². The number of esters is 1. The van der Waals surface area contributed by atoms with Gasteiger partial charge in [-0.15, -0.1) is 0 Å². The topological polar surface area (TPSA) is 128 Å². The van der Waals surface area contributed by atoms with Gasteiger partial charge in [0.25, 0.3) is 5.91 Å². The summed E-state index contributed by atoms with van der Waals surface area (Å²) in [5.74, 6) is 1.39. The number of carbonyl (C=O) groups is 4. The number of nitrogens with two attached hydrogens (primary N) is 1. The monoisotopic (exact) mass is 443 g/mol. The maximum Gasteiger partial charge on any atom is 0.408 e. The molecule has 2 aromatic rings. The highest BCUT2D eigenvalue weighted by atomic mass is 19.1. The molecule has 1 saturated heterocycles. The van der Waals surface area contributed by atoms with Gasteiger partial charge in [-0.05, 0) is 23.3 Å². The van der Waals surface area contributed by atoms with Crippen LogP contribution in [0.15, 0.2) is 54.6 Å². The number of hydrogen-bond acceptors (Lipinski definition) is 7. The molecule has 2 aromatic carbocycles. The molecule has 1 heterocycles. The Kier molecular flexibility index (Phi) is 7.16. The first-order chi connectivity index (χ1) is 15.3. The van der Waals surface area contributed by atoms with E-state index in [1.54, 1.807) is 30.3 Å². The van der Waals surface area contributed by atoms with Crippen LogP contribution in [-0.4, -0.2) is 41.0 Å². The zero-order valence-electron chi connectivity index (χ0n) is 17.2. The maximum atomic E-state index is 13.6. The summed E-state index contributed by atoms with van der Waals surface area (Å²) in [5, 5.41) is 3.06. The number of halogens is 1. The third-order valence-corrected chi connectivity index (χ3v) is 4.85. The lowest BCUT2D eigenvalue weighted by Crippen LogP contribution is -2.70. The van der Waals surface area contributed by atoms with Gasteiger partial charge in [-0.3, -0.25) is 14.4 Å². The second kappa shape index (κ2) is 10.0. The number of amides is 2. The zero-order valence-corrected chi connectivity index (χ0v) is 17.2. The number of hydrogen-bond donors (Lipinski definition) is 2. The molecule has 3 rings (SSSR count). The average Bonchev–Trinajstić information content (AvgIpc) is 2.77. The normalized spacial score (nSPS) is 18.3. The van der Waals surface area contributed by atoms with Crippen LogP contribution < -0.4 is 11.2 Å². The minimum absolute atomic E-state index is 0.0391. The van der Waals surface area contributed by atoms with E-state index >= 15 is 0 Å². The summed E-state index contributed by atoms with van der Waals surface area (Å²) in [7, 11) is 0. The molecular weight excluding hydrogens is 421 g/mol. The summed E-state index contributed by atoms with van der Waals surface area (Å²) in [6.45, 7) is 1.07. The van der Waals surface area contributed by atoms with Crippen molar-refractivity contribution in [3.05, 3.63) is 71.5 Å². The summed E-state index contributed by atoms with van der Waals surface area (Å²) in [6.07, 6.45) is -2.30. The predicted molar refractivity (Wildman–Crippen MR) is 109 cm³/mol. The van der Waals surface area contributed by atoms with Crippen LogP contribution in [-0.2, 0) is 36.9 Å². The number of hydrazine groups is 1. The van der Waals surface area contributed by atoms with Gasteiger partial charge in [0.15, 0.2) is 11.7 Å². The standard InChI is InChI=1S/C22H22FN3O6/c1-13(27)32-21-18(20(29)26(21)24)19(28)17(11-15-8-5-9-16(23)10-15)25-22(30)31-12-14-6-3-2-4-7-14/h2-10,17-18,21H,11-12,24H2,1H3,(H,25,30)/t17-,18-,21-/m0/s1.